The van der Waals surface area contributed by atoms with Crippen LogP contribution in [0.2, 0.25) is 0 Å². The molecular formula is C20H22F3N3O4. The highest BCUT2D eigenvalue weighted by molar-refractivity contribution is 5.89. The number of anilines is 1. The number of hydrogen-bond acceptors (Lipinski definition) is 5. The van der Waals surface area contributed by atoms with Crippen LogP contribution in [0, 0.1) is 0 Å². The molecule has 1 N–H and O–H groups in total. The van der Waals surface area contributed by atoms with Crippen LogP contribution in [0.15, 0.2) is 36.5 Å². The molecule has 1 aliphatic rings. The van der Waals surface area contributed by atoms with Gasteiger partial charge in [-0.15, -0.1) is 0 Å². The number of halogens is 3. The van der Waals surface area contributed by atoms with E-state index in [2.05, 4.69) is 15.0 Å². The SMILES string of the molecule is COc1ccc(C2CCCN2C(=O)Nc2ccc(OCC(F)(F)F)nc2)c(OC)c1. The molecule has 2 aromatic rings. The Hall–Kier alpha value is -3.17. The highest BCUT2D eigenvalue weighted by atomic mass is 19.4. The summed E-state index contributed by atoms with van der Waals surface area (Å²) in [5, 5.41) is 2.72. The second-order valence-corrected chi connectivity index (χ2v) is 6.68. The molecule has 0 radical (unpaired) electrons. The molecule has 1 aromatic carbocycles. The number of rotatable bonds is 6. The van der Waals surface area contributed by atoms with Crippen LogP contribution in [0.5, 0.6) is 17.4 Å². The molecule has 2 amide bonds. The second kappa shape index (κ2) is 9.10. The van der Waals surface area contributed by atoms with Gasteiger partial charge in [0.1, 0.15) is 11.5 Å². The van der Waals surface area contributed by atoms with E-state index >= 15 is 0 Å². The minimum Gasteiger partial charge on any atom is -0.497 e. The fourth-order valence-corrected chi connectivity index (χ4v) is 3.32. The molecule has 0 spiro atoms. The van der Waals surface area contributed by atoms with Crippen molar-refractivity contribution in [2.45, 2.75) is 25.1 Å². The van der Waals surface area contributed by atoms with Gasteiger partial charge in [-0.05, 0) is 31.0 Å². The van der Waals surface area contributed by atoms with Gasteiger partial charge in [-0.2, -0.15) is 13.2 Å². The molecule has 1 fully saturated rings. The van der Waals surface area contributed by atoms with E-state index in [4.69, 9.17) is 9.47 Å². The summed E-state index contributed by atoms with van der Waals surface area (Å²) in [7, 11) is 3.13. The number of hydrogen-bond donors (Lipinski definition) is 1. The van der Waals surface area contributed by atoms with E-state index in [1.165, 1.54) is 18.3 Å². The van der Waals surface area contributed by atoms with Crippen LogP contribution in [0.25, 0.3) is 0 Å². The fourth-order valence-electron chi connectivity index (χ4n) is 3.32. The largest absolute Gasteiger partial charge is 0.497 e. The summed E-state index contributed by atoms with van der Waals surface area (Å²) in [6.45, 7) is -0.864. The number of nitrogens with one attached hydrogen (secondary N) is 1. The quantitative estimate of drug-likeness (QED) is 0.742. The molecule has 10 heteroatoms. The Balaban J connectivity index is 1.68. The van der Waals surface area contributed by atoms with Crippen molar-refractivity contribution in [3.63, 3.8) is 0 Å². The topological polar surface area (TPSA) is 72.9 Å². The van der Waals surface area contributed by atoms with Gasteiger partial charge in [0.2, 0.25) is 5.88 Å². The highest BCUT2D eigenvalue weighted by Crippen LogP contribution is 2.39. The van der Waals surface area contributed by atoms with Gasteiger partial charge in [0.25, 0.3) is 0 Å². The first-order chi connectivity index (χ1) is 14.3. The Morgan fingerprint density at radius 2 is 2.03 bits per heavy atom. The molecule has 0 bridgehead atoms. The smallest absolute Gasteiger partial charge is 0.422 e. The molecule has 30 heavy (non-hydrogen) atoms. The molecule has 3 rings (SSSR count). The van der Waals surface area contributed by atoms with Gasteiger partial charge >= 0.3 is 12.2 Å². The average molecular weight is 425 g/mol. The first kappa shape index (κ1) is 21.5. The molecule has 1 aromatic heterocycles. The number of ether oxygens (including phenoxy) is 3. The molecule has 0 aliphatic carbocycles. The zero-order chi connectivity index (χ0) is 21.7. The number of alkyl halides is 3. The minimum absolute atomic E-state index is 0.173. The molecule has 1 atom stereocenters. The van der Waals surface area contributed by atoms with E-state index in [1.807, 2.05) is 12.1 Å². The Morgan fingerprint density at radius 1 is 1.23 bits per heavy atom. The maximum atomic E-state index is 12.8. The number of nitrogens with zero attached hydrogens (tertiary/aromatic N) is 2. The van der Waals surface area contributed by atoms with Gasteiger partial charge in [0.15, 0.2) is 6.61 Å². The number of carbonyl (C=O) groups excluding carboxylic acids is 1. The summed E-state index contributed by atoms with van der Waals surface area (Å²) in [6.07, 6.45) is -1.58. The zero-order valence-electron chi connectivity index (χ0n) is 16.5. The third-order valence-corrected chi connectivity index (χ3v) is 4.68. The van der Waals surface area contributed by atoms with Gasteiger partial charge in [-0.3, -0.25) is 0 Å². The lowest BCUT2D eigenvalue weighted by Gasteiger charge is -2.26. The lowest BCUT2D eigenvalue weighted by Crippen LogP contribution is -2.34. The maximum Gasteiger partial charge on any atom is 0.422 e. The molecule has 1 aliphatic heterocycles. The Morgan fingerprint density at radius 3 is 2.67 bits per heavy atom. The van der Waals surface area contributed by atoms with Crippen molar-refractivity contribution >= 4 is 11.7 Å². The normalized spacial score (nSPS) is 16.3. The molecule has 1 saturated heterocycles. The predicted octanol–water partition coefficient (Wildman–Crippen LogP) is 4.41. The summed E-state index contributed by atoms with van der Waals surface area (Å²) in [4.78, 5) is 18.3. The van der Waals surface area contributed by atoms with Crippen LogP contribution in [0.1, 0.15) is 24.4 Å². The van der Waals surface area contributed by atoms with Crippen molar-refractivity contribution in [3.05, 3.63) is 42.1 Å². The second-order valence-electron chi connectivity index (χ2n) is 6.68. The van der Waals surface area contributed by atoms with Gasteiger partial charge in [-0.1, -0.05) is 0 Å². The number of likely N-dealkylation sites (tertiary alicyclic amines) is 1. The van der Waals surface area contributed by atoms with Crippen molar-refractivity contribution < 1.29 is 32.2 Å². The number of methoxy groups -OCH3 is 2. The number of pyridine rings is 1. The van der Waals surface area contributed by atoms with E-state index in [1.54, 1.807) is 25.2 Å². The average Bonchev–Trinajstić information content (AvgIpc) is 3.22. The third kappa shape index (κ3) is 5.25. The standard InChI is InChI=1S/C20H22F3N3O4/c1-28-14-6-7-15(17(10-14)29-2)16-4-3-9-26(16)19(27)25-13-5-8-18(24-11-13)30-12-20(21,22)23/h5-8,10-11,16H,3-4,9,12H2,1-2H3,(H,25,27). The van der Waals surface area contributed by atoms with Crippen molar-refractivity contribution in [2.24, 2.45) is 0 Å². The lowest BCUT2D eigenvalue weighted by atomic mass is 10.0. The van der Waals surface area contributed by atoms with Crippen LogP contribution in [-0.2, 0) is 0 Å². The molecule has 162 valence electrons. The summed E-state index contributed by atoms with van der Waals surface area (Å²) in [6, 6.07) is 7.67. The third-order valence-electron chi connectivity index (χ3n) is 4.68. The van der Waals surface area contributed by atoms with Crippen molar-refractivity contribution in [3.8, 4) is 17.4 Å². The van der Waals surface area contributed by atoms with E-state index in [0.717, 1.165) is 18.4 Å². The number of urea groups is 1. The van der Waals surface area contributed by atoms with E-state index in [-0.39, 0.29) is 18.0 Å². The summed E-state index contributed by atoms with van der Waals surface area (Å²) < 4.78 is 51.9. The van der Waals surface area contributed by atoms with Gasteiger partial charge in [0, 0.05) is 24.2 Å². The monoisotopic (exact) mass is 425 g/mol. The van der Waals surface area contributed by atoms with Crippen molar-refractivity contribution in [2.75, 3.05) is 32.7 Å². The summed E-state index contributed by atoms with van der Waals surface area (Å²) in [5.41, 5.74) is 1.23. The van der Waals surface area contributed by atoms with Gasteiger partial charge in [0.05, 0.1) is 32.1 Å². The fraction of sp³-hybridized carbons (Fsp3) is 0.400. The highest BCUT2D eigenvalue weighted by Gasteiger charge is 2.32. The van der Waals surface area contributed by atoms with Crippen LogP contribution < -0.4 is 19.5 Å². The van der Waals surface area contributed by atoms with Crippen LogP contribution >= 0.6 is 0 Å². The van der Waals surface area contributed by atoms with Gasteiger partial charge < -0.3 is 24.4 Å². The molecule has 7 nitrogen and oxygen atoms in total. The Kier molecular flexibility index (Phi) is 6.53. The molecule has 2 heterocycles. The first-order valence-corrected chi connectivity index (χ1v) is 9.26. The Labute approximate surface area is 171 Å². The predicted molar refractivity (Wildman–Crippen MR) is 103 cm³/mol. The van der Waals surface area contributed by atoms with Crippen molar-refractivity contribution in [1.82, 2.24) is 9.88 Å². The summed E-state index contributed by atoms with van der Waals surface area (Å²) >= 11 is 0. The van der Waals surface area contributed by atoms with Crippen LogP contribution in [-0.4, -0.2) is 49.5 Å². The number of carbonyl (C=O) groups is 1. The zero-order valence-corrected chi connectivity index (χ0v) is 16.5. The number of benzene rings is 1. The van der Waals surface area contributed by atoms with Crippen LogP contribution in [0.3, 0.4) is 0 Å². The molecule has 0 saturated carbocycles. The lowest BCUT2D eigenvalue weighted by molar-refractivity contribution is -0.154. The first-order valence-electron chi connectivity index (χ1n) is 9.26. The number of aromatic nitrogens is 1. The molecule has 1 unspecified atom stereocenters. The molecular weight excluding hydrogens is 403 g/mol. The minimum atomic E-state index is -4.44. The van der Waals surface area contributed by atoms with E-state index in [0.29, 0.717) is 23.7 Å². The number of amides is 2. The summed E-state index contributed by atoms with van der Waals surface area (Å²) in [5.74, 6) is 1.11. The van der Waals surface area contributed by atoms with Gasteiger partial charge in [-0.25, -0.2) is 9.78 Å². The maximum absolute atomic E-state index is 12.8. The van der Waals surface area contributed by atoms with E-state index < -0.39 is 12.8 Å². The van der Waals surface area contributed by atoms with E-state index in [9.17, 15) is 18.0 Å². The Bertz CT molecular complexity index is 875. The van der Waals surface area contributed by atoms with Crippen LogP contribution in [0.4, 0.5) is 23.7 Å². The van der Waals surface area contributed by atoms with Crippen molar-refractivity contribution in [1.29, 1.82) is 0 Å².